The zero-order valence-corrected chi connectivity index (χ0v) is 11.1. The lowest BCUT2D eigenvalue weighted by Crippen LogP contribution is -2.19. The number of ether oxygens (including phenoxy) is 1. The molecule has 0 unspecified atom stereocenters. The van der Waals surface area contributed by atoms with Crippen LogP contribution in [0, 0.1) is 5.92 Å². The highest BCUT2D eigenvalue weighted by atomic mass is 16.5. The molecule has 1 saturated carbocycles. The van der Waals surface area contributed by atoms with Crippen molar-refractivity contribution in [3.05, 3.63) is 24.3 Å². The molecule has 0 radical (unpaired) electrons. The third kappa shape index (κ3) is 4.09. The van der Waals surface area contributed by atoms with Gasteiger partial charge in [0.2, 0.25) is 5.91 Å². The van der Waals surface area contributed by atoms with Gasteiger partial charge in [-0.3, -0.25) is 9.59 Å². The van der Waals surface area contributed by atoms with Crippen LogP contribution in [0.15, 0.2) is 24.3 Å². The second-order valence-corrected chi connectivity index (χ2v) is 4.94. The molecule has 4 nitrogen and oxygen atoms in total. The summed E-state index contributed by atoms with van der Waals surface area (Å²) in [5.74, 6) is 0.938. The molecule has 1 amide bonds. The van der Waals surface area contributed by atoms with Crippen molar-refractivity contribution < 1.29 is 14.3 Å². The van der Waals surface area contributed by atoms with Gasteiger partial charge in [0.25, 0.3) is 0 Å². The SMILES string of the molecule is CC(=O)Nc1ccc(OCC(=O)C2CCCC2)cc1. The van der Waals surface area contributed by atoms with Crippen LogP contribution in [0.5, 0.6) is 5.75 Å². The van der Waals surface area contributed by atoms with E-state index in [1.165, 1.54) is 6.92 Å². The van der Waals surface area contributed by atoms with Crippen LogP contribution >= 0.6 is 0 Å². The second-order valence-electron chi connectivity index (χ2n) is 4.94. The Labute approximate surface area is 113 Å². The Morgan fingerprint density at radius 1 is 1.21 bits per heavy atom. The lowest BCUT2D eigenvalue weighted by molar-refractivity contribution is -0.124. The van der Waals surface area contributed by atoms with E-state index in [9.17, 15) is 9.59 Å². The number of carbonyl (C=O) groups is 2. The van der Waals surface area contributed by atoms with Gasteiger partial charge < -0.3 is 10.1 Å². The molecule has 1 fully saturated rings. The average molecular weight is 261 g/mol. The van der Waals surface area contributed by atoms with Gasteiger partial charge in [0.1, 0.15) is 12.4 Å². The lowest BCUT2D eigenvalue weighted by Gasteiger charge is -2.10. The molecule has 0 aromatic heterocycles. The van der Waals surface area contributed by atoms with Gasteiger partial charge in [-0.05, 0) is 37.1 Å². The van der Waals surface area contributed by atoms with Crippen LogP contribution < -0.4 is 10.1 Å². The number of hydrogen-bond acceptors (Lipinski definition) is 3. The maximum absolute atomic E-state index is 11.8. The smallest absolute Gasteiger partial charge is 0.221 e. The summed E-state index contributed by atoms with van der Waals surface area (Å²) in [7, 11) is 0. The minimum Gasteiger partial charge on any atom is -0.486 e. The number of ketones is 1. The van der Waals surface area contributed by atoms with Crippen molar-refractivity contribution in [1.29, 1.82) is 0 Å². The first kappa shape index (κ1) is 13.6. The van der Waals surface area contributed by atoms with E-state index in [1.54, 1.807) is 24.3 Å². The molecule has 1 N–H and O–H groups in total. The normalized spacial score (nSPS) is 15.2. The minimum absolute atomic E-state index is 0.106. The Hall–Kier alpha value is -1.84. The molecular weight excluding hydrogens is 242 g/mol. The van der Waals surface area contributed by atoms with E-state index in [4.69, 9.17) is 4.74 Å². The van der Waals surface area contributed by atoms with Gasteiger partial charge in [0, 0.05) is 18.5 Å². The number of nitrogens with one attached hydrogen (secondary N) is 1. The van der Waals surface area contributed by atoms with Gasteiger partial charge in [-0.1, -0.05) is 12.8 Å². The summed E-state index contributed by atoms with van der Waals surface area (Å²) in [6.45, 7) is 1.61. The highest BCUT2D eigenvalue weighted by molar-refractivity contribution is 5.88. The summed E-state index contributed by atoms with van der Waals surface area (Å²) in [6, 6.07) is 7.04. The number of Topliss-reactive ketones (excluding diaryl/α,β-unsaturated/α-hetero) is 1. The first-order valence-corrected chi connectivity index (χ1v) is 6.68. The van der Waals surface area contributed by atoms with E-state index in [1.807, 2.05) is 0 Å². The fourth-order valence-electron chi connectivity index (χ4n) is 2.36. The Bertz CT molecular complexity index is 447. The van der Waals surface area contributed by atoms with E-state index in [2.05, 4.69) is 5.32 Å². The zero-order valence-electron chi connectivity index (χ0n) is 11.1. The molecule has 1 aliphatic carbocycles. The van der Waals surface area contributed by atoms with Gasteiger partial charge >= 0.3 is 0 Å². The highest BCUT2D eigenvalue weighted by Crippen LogP contribution is 2.25. The molecule has 0 saturated heterocycles. The van der Waals surface area contributed by atoms with E-state index in [0.717, 1.165) is 31.4 Å². The maximum Gasteiger partial charge on any atom is 0.221 e. The molecule has 0 bridgehead atoms. The van der Waals surface area contributed by atoms with E-state index >= 15 is 0 Å². The van der Waals surface area contributed by atoms with Crippen molar-refractivity contribution in [2.24, 2.45) is 5.92 Å². The average Bonchev–Trinajstić information content (AvgIpc) is 2.91. The topological polar surface area (TPSA) is 55.4 Å². The number of anilines is 1. The van der Waals surface area contributed by atoms with Crippen molar-refractivity contribution >= 4 is 17.4 Å². The molecule has 0 spiro atoms. The third-order valence-electron chi connectivity index (χ3n) is 3.37. The van der Waals surface area contributed by atoms with Crippen molar-refractivity contribution in [3.63, 3.8) is 0 Å². The highest BCUT2D eigenvalue weighted by Gasteiger charge is 2.22. The Kier molecular flexibility index (Phi) is 4.55. The van der Waals surface area contributed by atoms with Crippen molar-refractivity contribution in [2.45, 2.75) is 32.6 Å². The summed E-state index contributed by atoms with van der Waals surface area (Å²) in [6.07, 6.45) is 4.32. The van der Waals surface area contributed by atoms with Crippen LogP contribution in [-0.2, 0) is 9.59 Å². The summed E-state index contributed by atoms with van der Waals surface area (Å²) in [4.78, 5) is 22.7. The molecule has 1 aliphatic rings. The van der Waals surface area contributed by atoms with Crippen LogP contribution in [0.2, 0.25) is 0 Å². The van der Waals surface area contributed by atoms with Crippen LogP contribution in [0.4, 0.5) is 5.69 Å². The van der Waals surface area contributed by atoms with Crippen molar-refractivity contribution in [1.82, 2.24) is 0 Å². The standard InChI is InChI=1S/C15H19NO3/c1-11(17)16-13-6-8-14(9-7-13)19-10-15(18)12-4-2-3-5-12/h6-9,12H,2-5,10H2,1H3,(H,16,17). The Balaban J connectivity index is 1.82. The van der Waals surface area contributed by atoms with Crippen LogP contribution in [0.3, 0.4) is 0 Å². The molecule has 4 heteroatoms. The number of hydrogen-bond donors (Lipinski definition) is 1. The van der Waals surface area contributed by atoms with Gasteiger partial charge in [0.05, 0.1) is 0 Å². The third-order valence-corrected chi connectivity index (χ3v) is 3.37. The summed E-state index contributed by atoms with van der Waals surface area (Å²) >= 11 is 0. The summed E-state index contributed by atoms with van der Waals surface area (Å²) < 4.78 is 5.48. The number of amides is 1. The van der Waals surface area contributed by atoms with Crippen molar-refractivity contribution in [3.8, 4) is 5.75 Å². The molecule has 102 valence electrons. The number of rotatable bonds is 5. The van der Waals surface area contributed by atoms with E-state index < -0.39 is 0 Å². The first-order chi connectivity index (χ1) is 9.15. The molecule has 1 aromatic rings. The quantitative estimate of drug-likeness (QED) is 0.886. The molecule has 2 rings (SSSR count). The maximum atomic E-state index is 11.8. The zero-order chi connectivity index (χ0) is 13.7. The molecule has 0 aliphatic heterocycles. The fourth-order valence-corrected chi connectivity index (χ4v) is 2.36. The molecule has 0 atom stereocenters. The summed E-state index contributed by atoms with van der Waals surface area (Å²) in [5.41, 5.74) is 0.724. The van der Waals surface area contributed by atoms with Crippen LogP contribution in [0.25, 0.3) is 0 Å². The first-order valence-electron chi connectivity index (χ1n) is 6.68. The van der Waals surface area contributed by atoms with E-state index in [-0.39, 0.29) is 24.2 Å². The largest absolute Gasteiger partial charge is 0.486 e. The second kappa shape index (κ2) is 6.36. The number of benzene rings is 1. The number of carbonyl (C=O) groups excluding carboxylic acids is 2. The summed E-state index contributed by atoms with van der Waals surface area (Å²) in [5, 5.41) is 2.68. The minimum atomic E-state index is -0.106. The molecule has 0 heterocycles. The van der Waals surface area contributed by atoms with Gasteiger partial charge in [-0.2, -0.15) is 0 Å². The molecule has 1 aromatic carbocycles. The van der Waals surface area contributed by atoms with Gasteiger partial charge in [-0.15, -0.1) is 0 Å². The monoisotopic (exact) mass is 261 g/mol. The molecular formula is C15H19NO3. The van der Waals surface area contributed by atoms with Gasteiger partial charge in [0.15, 0.2) is 5.78 Å². The molecule has 19 heavy (non-hydrogen) atoms. The van der Waals surface area contributed by atoms with E-state index in [0.29, 0.717) is 5.75 Å². The Morgan fingerprint density at radius 3 is 2.42 bits per heavy atom. The predicted octanol–water partition coefficient (Wildman–Crippen LogP) is 2.78. The Morgan fingerprint density at radius 2 is 1.84 bits per heavy atom. The van der Waals surface area contributed by atoms with Crippen LogP contribution in [0.1, 0.15) is 32.6 Å². The lowest BCUT2D eigenvalue weighted by atomic mass is 10.0. The van der Waals surface area contributed by atoms with Crippen LogP contribution in [-0.4, -0.2) is 18.3 Å². The van der Waals surface area contributed by atoms with Crippen molar-refractivity contribution in [2.75, 3.05) is 11.9 Å². The fraction of sp³-hybridized carbons (Fsp3) is 0.467. The van der Waals surface area contributed by atoms with Gasteiger partial charge in [-0.25, -0.2) is 0 Å². The predicted molar refractivity (Wildman–Crippen MR) is 73.2 cm³/mol.